The van der Waals surface area contributed by atoms with Gasteiger partial charge in [0.25, 0.3) is 0 Å². The van der Waals surface area contributed by atoms with Gasteiger partial charge in [-0.05, 0) is 32.1 Å². The van der Waals surface area contributed by atoms with Gasteiger partial charge in [-0.25, -0.2) is 0 Å². The van der Waals surface area contributed by atoms with Gasteiger partial charge in [-0.1, -0.05) is 12.8 Å². The SMILES string of the molecule is O=C(CO[C@@H]1CCOC2(C1)CN(C1CCCC1)C2)N1CCCC1. The summed E-state index contributed by atoms with van der Waals surface area (Å²) < 4.78 is 12.1. The predicted octanol–water partition coefficient (Wildman–Crippen LogP) is 1.80. The van der Waals surface area contributed by atoms with Crippen LogP contribution in [0.25, 0.3) is 0 Å². The van der Waals surface area contributed by atoms with Crippen molar-refractivity contribution in [3.8, 4) is 0 Å². The van der Waals surface area contributed by atoms with Crippen LogP contribution in [0.3, 0.4) is 0 Å². The van der Waals surface area contributed by atoms with Crippen molar-refractivity contribution < 1.29 is 14.3 Å². The van der Waals surface area contributed by atoms with Crippen LogP contribution in [0.1, 0.15) is 51.4 Å². The molecule has 0 N–H and O–H groups in total. The molecule has 0 unspecified atom stereocenters. The van der Waals surface area contributed by atoms with Crippen molar-refractivity contribution in [3.05, 3.63) is 0 Å². The quantitative estimate of drug-likeness (QED) is 0.791. The van der Waals surface area contributed by atoms with E-state index in [0.29, 0.717) is 0 Å². The summed E-state index contributed by atoms with van der Waals surface area (Å²) in [5.41, 5.74) is 0.0161. The topological polar surface area (TPSA) is 42.0 Å². The molecule has 3 aliphatic heterocycles. The highest BCUT2D eigenvalue weighted by atomic mass is 16.5. The number of hydrogen-bond acceptors (Lipinski definition) is 4. The van der Waals surface area contributed by atoms with E-state index >= 15 is 0 Å². The summed E-state index contributed by atoms with van der Waals surface area (Å²) in [4.78, 5) is 16.7. The lowest BCUT2D eigenvalue weighted by Crippen LogP contribution is -2.67. The number of amides is 1. The van der Waals surface area contributed by atoms with E-state index in [1.54, 1.807) is 0 Å². The summed E-state index contributed by atoms with van der Waals surface area (Å²) in [6, 6.07) is 0.794. The first-order chi connectivity index (χ1) is 11.2. The highest BCUT2D eigenvalue weighted by Crippen LogP contribution is 2.39. The zero-order valence-electron chi connectivity index (χ0n) is 14.2. The van der Waals surface area contributed by atoms with Gasteiger partial charge >= 0.3 is 0 Å². The highest BCUT2D eigenvalue weighted by molar-refractivity contribution is 5.77. The Kier molecular flexibility index (Phi) is 4.61. The summed E-state index contributed by atoms with van der Waals surface area (Å²) >= 11 is 0. The molecule has 1 aliphatic carbocycles. The fourth-order valence-corrected chi connectivity index (χ4v) is 4.81. The second-order valence-corrected chi connectivity index (χ2v) is 7.89. The van der Waals surface area contributed by atoms with E-state index in [1.165, 1.54) is 25.7 Å². The van der Waals surface area contributed by atoms with E-state index < -0.39 is 0 Å². The lowest BCUT2D eigenvalue weighted by Gasteiger charge is -2.55. The van der Waals surface area contributed by atoms with Crippen molar-refractivity contribution >= 4 is 5.91 Å². The molecule has 130 valence electrons. The first kappa shape index (κ1) is 15.9. The summed E-state index contributed by atoms with van der Waals surface area (Å²) in [5.74, 6) is 0.171. The van der Waals surface area contributed by atoms with Gasteiger partial charge in [-0.15, -0.1) is 0 Å². The van der Waals surface area contributed by atoms with Gasteiger partial charge in [0.2, 0.25) is 5.91 Å². The maximum absolute atomic E-state index is 12.1. The third-order valence-corrected chi connectivity index (χ3v) is 6.17. The molecule has 5 nitrogen and oxygen atoms in total. The molecule has 1 atom stereocenters. The van der Waals surface area contributed by atoms with Crippen LogP contribution in [0.4, 0.5) is 0 Å². The zero-order valence-corrected chi connectivity index (χ0v) is 14.2. The van der Waals surface area contributed by atoms with Gasteiger partial charge in [-0.3, -0.25) is 9.69 Å². The van der Waals surface area contributed by atoms with Crippen LogP contribution in [0, 0.1) is 0 Å². The Balaban J connectivity index is 1.22. The second kappa shape index (κ2) is 6.69. The maximum Gasteiger partial charge on any atom is 0.248 e. The summed E-state index contributed by atoms with van der Waals surface area (Å²) in [6.07, 6.45) is 9.87. The second-order valence-electron chi connectivity index (χ2n) is 7.89. The molecule has 0 bridgehead atoms. The fourth-order valence-electron chi connectivity index (χ4n) is 4.81. The molecule has 0 aromatic carbocycles. The molecule has 3 saturated heterocycles. The molecule has 1 amide bonds. The number of carbonyl (C=O) groups excluding carboxylic acids is 1. The molecular formula is C18H30N2O3. The standard InChI is InChI=1S/C18H30N2O3/c21-17(19-8-3-4-9-19)12-22-16-7-10-23-18(11-16)13-20(14-18)15-5-1-2-6-15/h15-16H,1-14H2/t16-/m1/s1. The normalized spacial score (nSPS) is 31.7. The Morgan fingerprint density at radius 2 is 1.83 bits per heavy atom. The minimum absolute atomic E-state index is 0.0161. The summed E-state index contributed by atoms with van der Waals surface area (Å²) in [6.45, 7) is 5.00. The van der Waals surface area contributed by atoms with Gasteiger partial charge in [-0.2, -0.15) is 0 Å². The van der Waals surface area contributed by atoms with Crippen molar-refractivity contribution in [2.24, 2.45) is 0 Å². The van der Waals surface area contributed by atoms with E-state index in [1.807, 2.05) is 4.90 Å². The van der Waals surface area contributed by atoms with E-state index in [4.69, 9.17) is 9.47 Å². The van der Waals surface area contributed by atoms with Gasteiger partial charge in [0.1, 0.15) is 6.61 Å². The lowest BCUT2D eigenvalue weighted by atomic mass is 9.83. The zero-order chi connectivity index (χ0) is 15.7. The van der Waals surface area contributed by atoms with Crippen molar-refractivity contribution in [1.29, 1.82) is 0 Å². The van der Waals surface area contributed by atoms with Gasteiger partial charge in [0.15, 0.2) is 0 Å². The molecule has 1 spiro atoms. The molecule has 5 heteroatoms. The first-order valence-corrected chi connectivity index (χ1v) is 9.52. The van der Waals surface area contributed by atoms with Crippen LogP contribution in [0.15, 0.2) is 0 Å². The molecule has 23 heavy (non-hydrogen) atoms. The van der Waals surface area contributed by atoms with Crippen LogP contribution < -0.4 is 0 Å². The van der Waals surface area contributed by atoms with Gasteiger partial charge in [0.05, 0.1) is 11.7 Å². The average Bonchev–Trinajstić information content (AvgIpc) is 3.23. The van der Waals surface area contributed by atoms with Crippen molar-refractivity contribution in [1.82, 2.24) is 9.80 Å². The predicted molar refractivity (Wildman–Crippen MR) is 87.3 cm³/mol. The summed E-state index contributed by atoms with van der Waals surface area (Å²) in [7, 11) is 0. The molecule has 0 aromatic heterocycles. The van der Waals surface area contributed by atoms with Crippen LogP contribution in [-0.4, -0.2) is 72.8 Å². The van der Waals surface area contributed by atoms with Gasteiger partial charge < -0.3 is 14.4 Å². The smallest absolute Gasteiger partial charge is 0.248 e. The molecule has 3 heterocycles. The lowest BCUT2D eigenvalue weighted by molar-refractivity contribution is -0.205. The number of hydrogen-bond donors (Lipinski definition) is 0. The highest BCUT2D eigenvalue weighted by Gasteiger charge is 2.49. The van der Waals surface area contributed by atoms with Crippen molar-refractivity contribution in [2.75, 3.05) is 39.4 Å². The Morgan fingerprint density at radius 3 is 2.57 bits per heavy atom. The maximum atomic E-state index is 12.1. The third kappa shape index (κ3) is 3.42. The van der Waals surface area contributed by atoms with E-state index in [0.717, 1.165) is 64.5 Å². The van der Waals surface area contributed by atoms with Crippen LogP contribution in [0.2, 0.25) is 0 Å². The molecule has 0 radical (unpaired) electrons. The number of likely N-dealkylation sites (tertiary alicyclic amines) is 2. The Hall–Kier alpha value is -0.650. The van der Waals surface area contributed by atoms with E-state index in [9.17, 15) is 4.79 Å². The van der Waals surface area contributed by atoms with Crippen LogP contribution >= 0.6 is 0 Å². The molecule has 4 fully saturated rings. The van der Waals surface area contributed by atoms with Crippen molar-refractivity contribution in [3.63, 3.8) is 0 Å². The monoisotopic (exact) mass is 322 g/mol. The summed E-state index contributed by atoms with van der Waals surface area (Å²) in [5, 5.41) is 0. The molecule has 1 saturated carbocycles. The number of ether oxygens (including phenoxy) is 2. The average molecular weight is 322 g/mol. The van der Waals surface area contributed by atoms with Crippen LogP contribution in [0.5, 0.6) is 0 Å². The number of rotatable bonds is 4. The molecular weight excluding hydrogens is 292 g/mol. The minimum atomic E-state index is 0.0161. The van der Waals surface area contributed by atoms with Crippen molar-refractivity contribution in [2.45, 2.75) is 69.1 Å². The molecule has 4 aliphatic rings. The largest absolute Gasteiger partial charge is 0.372 e. The van der Waals surface area contributed by atoms with Gasteiger partial charge in [0, 0.05) is 45.2 Å². The first-order valence-electron chi connectivity index (χ1n) is 9.52. The third-order valence-electron chi connectivity index (χ3n) is 6.17. The van der Waals surface area contributed by atoms with E-state index in [-0.39, 0.29) is 24.2 Å². The fraction of sp³-hybridized carbons (Fsp3) is 0.944. The molecule has 0 aromatic rings. The number of nitrogens with zero attached hydrogens (tertiary/aromatic N) is 2. The Labute approximate surface area is 139 Å². The Bertz CT molecular complexity index is 424. The van der Waals surface area contributed by atoms with Crippen LogP contribution in [-0.2, 0) is 14.3 Å². The van der Waals surface area contributed by atoms with E-state index in [2.05, 4.69) is 4.90 Å². The Morgan fingerprint density at radius 1 is 1.09 bits per heavy atom. The number of carbonyl (C=O) groups is 1. The molecule has 4 rings (SSSR count). The minimum Gasteiger partial charge on any atom is -0.372 e.